The topological polar surface area (TPSA) is 125 Å². The highest BCUT2D eigenvalue weighted by Gasteiger charge is 2.26. The van der Waals surface area contributed by atoms with Crippen LogP contribution in [0.15, 0.2) is 6.07 Å². The summed E-state index contributed by atoms with van der Waals surface area (Å²) in [6.45, 7) is 4.52. The number of carbonyl (C=O) groups is 3. The van der Waals surface area contributed by atoms with Crippen LogP contribution in [0.2, 0.25) is 0 Å². The third-order valence-electron chi connectivity index (χ3n) is 3.98. The van der Waals surface area contributed by atoms with Crippen molar-refractivity contribution in [3.8, 4) is 0 Å². The number of aryl methyl sites for hydroxylation is 2. The number of nitrogens with zero attached hydrogens (tertiary/aromatic N) is 3. The summed E-state index contributed by atoms with van der Waals surface area (Å²) >= 11 is 0. The number of aliphatic carboxylic acids is 1. The Bertz CT molecular complexity index is 636. The van der Waals surface area contributed by atoms with Crippen LogP contribution in [0.5, 0.6) is 0 Å². The van der Waals surface area contributed by atoms with E-state index >= 15 is 0 Å². The van der Waals surface area contributed by atoms with Gasteiger partial charge in [-0.05, 0) is 32.8 Å². The average Bonchev–Trinajstić information content (AvgIpc) is 2.57. The Morgan fingerprint density at radius 2 is 1.72 bits per heavy atom. The number of aromatic nitrogens is 2. The van der Waals surface area contributed by atoms with Gasteiger partial charge in [-0.15, -0.1) is 0 Å². The lowest BCUT2D eigenvalue weighted by Gasteiger charge is -2.31. The Balaban J connectivity index is 1.78. The van der Waals surface area contributed by atoms with Gasteiger partial charge in [0, 0.05) is 30.4 Å². The van der Waals surface area contributed by atoms with Gasteiger partial charge in [0.1, 0.15) is 6.54 Å². The summed E-state index contributed by atoms with van der Waals surface area (Å²) in [5.74, 6) is -1.32. The summed E-state index contributed by atoms with van der Waals surface area (Å²) in [5, 5.41) is 13.2. The summed E-state index contributed by atoms with van der Waals surface area (Å²) in [5.41, 5.74) is 1.82. The lowest BCUT2D eigenvalue weighted by atomic mass is 9.96. The van der Waals surface area contributed by atoms with E-state index in [-0.39, 0.29) is 18.4 Å². The first-order chi connectivity index (χ1) is 11.8. The highest BCUT2D eigenvalue weighted by Crippen LogP contribution is 2.21. The first-order valence-electron chi connectivity index (χ1n) is 8.18. The fourth-order valence-electron chi connectivity index (χ4n) is 2.74. The molecule has 0 radical (unpaired) electrons. The van der Waals surface area contributed by atoms with Crippen LogP contribution in [-0.2, 0) is 14.4 Å². The summed E-state index contributed by atoms with van der Waals surface area (Å²) < 4.78 is 0. The number of anilines is 1. The molecule has 0 bridgehead atoms. The largest absolute Gasteiger partial charge is 0.480 e. The Labute approximate surface area is 145 Å². The normalized spacial score (nSPS) is 14.9. The van der Waals surface area contributed by atoms with Gasteiger partial charge in [-0.2, -0.15) is 0 Å². The lowest BCUT2D eigenvalue weighted by molar-refractivity contribution is -0.137. The van der Waals surface area contributed by atoms with E-state index in [1.165, 1.54) is 0 Å². The molecule has 2 heterocycles. The number of piperidine rings is 1. The molecule has 0 atom stereocenters. The van der Waals surface area contributed by atoms with E-state index in [2.05, 4.69) is 25.5 Å². The monoisotopic (exact) mass is 349 g/mol. The van der Waals surface area contributed by atoms with Crippen molar-refractivity contribution in [3.05, 3.63) is 17.5 Å². The predicted octanol–water partition coefficient (Wildman–Crippen LogP) is -0.373. The van der Waals surface area contributed by atoms with Crippen LogP contribution in [0.3, 0.4) is 0 Å². The van der Waals surface area contributed by atoms with Crippen LogP contribution < -0.4 is 15.5 Å². The molecule has 2 amide bonds. The molecule has 1 aliphatic heterocycles. The van der Waals surface area contributed by atoms with Gasteiger partial charge in [-0.3, -0.25) is 14.4 Å². The molecule has 25 heavy (non-hydrogen) atoms. The van der Waals surface area contributed by atoms with E-state index in [1.807, 2.05) is 19.9 Å². The fraction of sp³-hybridized carbons (Fsp3) is 0.562. The van der Waals surface area contributed by atoms with Gasteiger partial charge in [0.05, 0.1) is 6.54 Å². The Hall–Kier alpha value is -2.71. The molecule has 1 saturated heterocycles. The smallest absolute Gasteiger partial charge is 0.322 e. The molecule has 0 unspecified atom stereocenters. The molecular formula is C16H23N5O4. The Morgan fingerprint density at radius 1 is 1.12 bits per heavy atom. The number of nitrogens with one attached hydrogen (secondary N) is 2. The van der Waals surface area contributed by atoms with E-state index < -0.39 is 18.4 Å². The van der Waals surface area contributed by atoms with E-state index in [4.69, 9.17) is 5.11 Å². The van der Waals surface area contributed by atoms with Crippen molar-refractivity contribution in [1.82, 2.24) is 20.6 Å². The molecule has 1 aliphatic rings. The summed E-state index contributed by atoms with van der Waals surface area (Å²) in [6, 6.07) is 1.92. The maximum atomic E-state index is 12.1. The first kappa shape index (κ1) is 18.6. The highest BCUT2D eigenvalue weighted by atomic mass is 16.4. The Kier molecular flexibility index (Phi) is 6.26. The number of carboxylic acids is 1. The second kappa shape index (κ2) is 8.41. The van der Waals surface area contributed by atoms with E-state index in [0.717, 1.165) is 11.4 Å². The predicted molar refractivity (Wildman–Crippen MR) is 90.1 cm³/mol. The zero-order valence-electron chi connectivity index (χ0n) is 14.4. The molecule has 2 rings (SSSR count). The number of carbonyl (C=O) groups excluding carboxylic acids is 2. The van der Waals surface area contributed by atoms with Crippen LogP contribution >= 0.6 is 0 Å². The standard InChI is InChI=1S/C16H23N5O4/c1-10-7-11(2)20-16(19-10)21-5-3-12(4-6-21)15(25)18-8-13(22)17-9-14(23)24/h7,12H,3-6,8-9H2,1-2H3,(H,17,22)(H,18,25)(H,23,24). The van der Waals surface area contributed by atoms with Crippen LogP contribution in [-0.4, -0.2) is 59.0 Å². The van der Waals surface area contributed by atoms with Gasteiger partial charge < -0.3 is 20.6 Å². The molecule has 1 aromatic rings. The van der Waals surface area contributed by atoms with Crippen molar-refractivity contribution in [1.29, 1.82) is 0 Å². The van der Waals surface area contributed by atoms with Crippen LogP contribution in [0.1, 0.15) is 24.2 Å². The highest BCUT2D eigenvalue weighted by molar-refractivity contribution is 5.87. The molecule has 1 aromatic heterocycles. The second-order valence-electron chi connectivity index (χ2n) is 6.10. The third kappa shape index (κ3) is 5.70. The molecule has 3 N–H and O–H groups in total. The molecule has 1 fully saturated rings. The molecule has 0 aliphatic carbocycles. The number of amides is 2. The van der Waals surface area contributed by atoms with Gasteiger partial charge in [0.15, 0.2) is 0 Å². The molecule has 9 nitrogen and oxygen atoms in total. The average molecular weight is 349 g/mol. The maximum absolute atomic E-state index is 12.1. The zero-order chi connectivity index (χ0) is 18.4. The van der Waals surface area contributed by atoms with E-state index in [0.29, 0.717) is 31.9 Å². The molecule has 0 spiro atoms. The minimum absolute atomic E-state index is 0.172. The number of carboxylic acid groups (broad SMARTS) is 1. The van der Waals surface area contributed by atoms with Crippen LogP contribution in [0, 0.1) is 19.8 Å². The van der Waals surface area contributed by atoms with Crippen LogP contribution in [0.4, 0.5) is 5.95 Å². The van der Waals surface area contributed by atoms with Crippen LogP contribution in [0.25, 0.3) is 0 Å². The second-order valence-corrected chi connectivity index (χ2v) is 6.10. The van der Waals surface area contributed by atoms with E-state index in [9.17, 15) is 14.4 Å². The third-order valence-corrected chi connectivity index (χ3v) is 3.98. The molecular weight excluding hydrogens is 326 g/mol. The zero-order valence-corrected chi connectivity index (χ0v) is 14.4. The molecule has 136 valence electrons. The van der Waals surface area contributed by atoms with Crippen molar-refractivity contribution in [3.63, 3.8) is 0 Å². The molecule has 9 heteroatoms. The van der Waals surface area contributed by atoms with Crippen molar-refractivity contribution < 1.29 is 19.5 Å². The first-order valence-corrected chi connectivity index (χ1v) is 8.18. The summed E-state index contributed by atoms with van der Waals surface area (Å²) in [6.07, 6.45) is 1.30. The van der Waals surface area contributed by atoms with Crippen molar-refractivity contribution >= 4 is 23.7 Å². The Morgan fingerprint density at radius 3 is 2.28 bits per heavy atom. The van der Waals surface area contributed by atoms with Gasteiger partial charge in [-0.1, -0.05) is 0 Å². The number of rotatable bonds is 6. The molecule has 0 saturated carbocycles. The van der Waals surface area contributed by atoms with Crippen molar-refractivity contribution in [2.45, 2.75) is 26.7 Å². The van der Waals surface area contributed by atoms with Crippen molar-refractivity contribution in [2.75, 3.05) is 31.1 Å². The van der Waals surface area contributed by atoms with Crippen molar-refractivity contribution in [2.24, 2.45) is 5.92 Å². The minimum Gasteiger partial charge on any atom is -0.480 e. The van der Waals surface area contributed by atoms with Gasteiger partial charge in [0.25, 0.3) is 0 Å². The maximum Gasteiger partial charge on any atom is 0.322 e. The summed E-state index contributed by atoms with van der Waals surface area (Å²) in [7, 11) is 0. The number of hydrogen-bond donors (Lipinski definition) is 3. The SMILES string of the molecule is Cc1cc(C)nc(N2CCC(C(=O)NCC(=O)NCC(=O)O)CC2)n1. The number of hydrogen-bond acceptors (Lipinski definition) is 6. The quantitative estimate of drug-likeness (QED) is 0.640. The summed E-state index contributed by atoms with van der Waals surface area (Å²) in [4.78, 5) is 44.8. The molecule has 0 aromatic carbocycles. The minimum atomic E-state index is -1.12. The van der Waals surface area contributed by atoms with Gasteiger partial charge in [0.2, 0.25) is 17.8 Å². The fourth-order valence-corrected chi connectivity index (χ4v) is 2.74. The lowest BCUT2D eigenvalue weighted by Crippen LogP contribution is -2.44. The van der Waals surface area contributed by atoms with E-state index in [1.54, 1.807) is 0 Å². The van der Waals surface area contributed by atoms with Gasteiger partial charge in [-0.25, -0.2) is 9.97 Å². The van der Waals surface area contributed by atoms with Gasteiger partial charge >= 0.3 is 5.97 Å².